The Balaban J connectivity index is 2.38. The summed E-state index contributed by atoms with van der Waals surface area (Å²) >= 11 is 0. The fourth-order valence-corrected chi connectivity index (χ4v) is 0.844. The second-order valence-corrected chi connectivity index (χ2v) is 2.06. The third-order valence-corrected chi connectivity index (χ3v) is 1.34. The molecule has 0 aromatic rings. The molecule has 0 amide bonds. The van der Waals surface area contributed by atoms with Gasteiger partial charge < -0.3 is 14.9 Å². The number of hydrogen-bond donors (Lipinski definition) is 2. The number of alkyl halides is 1. The highest BCUT2D eigenvalue weighted by Gasteiger charge is 2.33. The summed E-state index contributed by atoms with van der Waals surface area (Å²) in [5, 5.41) is 17.0. The average Bonchev–Trinajstić information content (AvgIpc) is 2.10. The van der Waals surface area contributed by atoms with Crippen molar-refractivity contribution in [3.8, 4) is 0 Å². The summed E-state index contributed by atoms with van der Waals surface area (Å²) in [6.45, 7) is -0.363. The number of ether oxygens (including phenoxy) is 1. The highest BCUT2D eigenvalue weighted by Crippen LogP contribution is 2.20. The van der Waals surface area contributed by atoms with Crippen molar-refractivity contribution in [1.29, 1.82) is 0 Å². The Morgan fingerprint density at radius 2 is 2.33 bits per heavy atom. The summed E-state index contributed by atoms with van der Waals surface area (Å²) in [6, 6.07) is 0. The second kappa shape index (κ2) is 2.60. The van der Waals surface area contributed by atoms with Crippen molar-refractivity contribution < 1.29 is 19.3 Å². The maximum absolute atomic E-state index is 12.4. The minimum absolute atomic E-state index is 0.0226. The molecule has 0 bridgehead atoms. The number of rotatable bonds is 1. The van der Waals surface area contributed by atoms with Crippen molar-refractivity contribution >= 4 is 0 Å². The topological polar surface area (TPSA) is 49.7 Å². The molecule has 3 nitrogen and oxygen atoms in total. The number of hydrogen-bond acceptors (Lipinski definition) is 3. The minimum atomic E-state index is -1.22. The summed E-state index contributed by atoms with van der Waals surface area (Å²) in [7, 11) is 0. The highest BCUT2D eigenvalue weighted by molar-refractivity contribution is 4.76. The highest BCUT2D eigenvalue weighted by atomic mass is 19.1. The minimum Gasteiger partial charge on any atom is -0.394 e. The zero-order chi connectivity index (χ0) is 6.85. The van der Waals surface area contributed by atoms with Gasteiger partial charge >= 0.3 is 0 Å². The predicted molar refractivity (Wildman–Crippen MR) is 27.5 cm³/mol. The first-order valence-corrected chi connectivity index (χ1v) is 2.82. The molecule has 1 fully saturated rings. The summed E-state index contributed by atoms with van der Waals surface area (Å²) in [5.41, 5.74) is 0. The quantitative estimate of drug-likeness (QED) is 0.507. The smallest absolute Gasteiger partial charge is 0.158 e. The normalized spacial score (nSPS) is 43.7. The van der Waals surface area contributed by atoms with Crippen molar-refractivity contribution in [2.75, 3.05) is 6.61 Å². The first-order chi connectivity index (χ1) is 4.24. The molecule has 0 aromatic heterocycles. The maximum Gasteiger partial charge on any atom is 0.158 e. The molecule has 0 aliphatic carbocycles. The molecule has 0 aromatic carbocycles. The zero-order valence-electron chi connectivity index (χ0n) is 4.83. The van der Waals surface area contributed by atoms with Gasteiger partial charge in [0.15, 0.2) is 6.29 Å². The Morgan fingerprint density at radius 1 is 1.67 bits per heavy atom. The van der Waals surface area contributed by atoms with E-state index in [-0.39, 0.29) is 13.0 Å². The Bertz CT molecular complexity index is 98.2. The number of aliphatic hydroxyl groups is 2. The second-order valence-electron chi connectivity index (χ2n) is 2.06. The van der Waals surface area contributed by atoms with E-state index in [1.165, 1.54) is 0 Å². The van der Waals surface area contributed by atoms with Crippen LogP contribution >= 0.6 is 0 Å². The molecule has 2 N–H and O–H groups in total. The predicted octanol–water partition coefficient (Wildman–Crippen LogP) is -0.576. The van der Waals surface area contributed by atoms with Crippen molar-refractivity contribution in [3.05, 3.63) is 0 Å². The van der Waals surface area contributed by atoms with Gasteiger partial charge in [-0.25, -0.2) is 4.39 Å². The van der Waals surface area contributed by atoms with Crippen LogP contribution < -0.4 is 0 Å². The zero-order valence-corrected chi connectivity index (χ0v) is 4.83. The van der Waals surface area contributed by atoms with E-state index in [1.807, 2.05) is 0 Å². The van der Waals surface area contributed by atoms with Gasteiger partial charge in [-0.3, -0.25) is 0 Å². The molecular weight excluding hydrogens is 127 g/mol. The van der Waals surface area contributed by atoms with Gasteiger partial charge in [-0.1, -0.05) is 0 Å². The van der Waals surface area contributed by atoms with Crippen LogP contribution in [-0.2, 0) is 4.74 Å². The molecule has 54 valence electrons. The van der Waals surface area contributed by atoms with Crippen molar-refractivity contribution in [3.63, 3.8) is 0 Å². The van der Waals surface area contributed by atoms with E-state index in [0.717, 1.165) is 0 Å². The summed E-state index contributed by atoms with van der Waals surface area (Å²) in [4.78, 5) is 0. The van der Waals surface area contributed by atoms with E-state index in [2.05, 4.69) is 4.74 Å². The average molecular weight is 136 g/mol. The van der Waals surface area contributed by atoms with E-state index in [1.54, 1.807) is 0 Å². The summed E-state index contributed by atoms with van der Waals surface area (Å²) in [6.07, 6.45) is -3.09. The van der Waals surface area contributed by atoms with Crippen molar-refractivity contribution in [2.24, 2.45) is 0 Å². The van der Waals surface area contributed by atoms with Crippen LogP contribution in [0.5, 0.6) is 0 Å². The van der Waals surface area contributed by atoms with Crippen LogP contribution in [0.25, 0.3) is 0 Å². The molecular formula is C5H9FO3. The lowest BCUT2D eigenvalue weighted by Crippen LogP contribution is -2.21. The third kappa shape index (κ3) is 1.38. The molecule has 1 heterocycles. The van der Waals surface area contributed by atoms with Crippen LogP contribution in [0.4, 0.5) is 4.39 Å². The molecule has 0 radical (unpaired) electrons. The lowest BCUT2D eigenvalue weighted by Gasteiger charge is -2.06. The summed E-state index contributed by atoms with van der Waals surface area (Å²) < 4.78 is 16.9. The lowest BCUT2D eigenvalue weighted by molar-refractivity contribution is -0.104. The van der Waals surface area contributed by atoms with E-state index in [4.69, 9.17) is 10.2 Å². The van der Waals surface area contributed by atoms with E-state index in [9.17, 15) is 4.39 Å². The number of aliphatic hydroxyl groups excluding tert-OH is 2. The van der Waals surface area contributed by atoms with Gasteiger partial charge in [0, 0.05) is 6.42 Å². The Labute approximate surface area is 52.1 Å². The monoisotopic (exact) mass is 136 g/mol. The molecule has 1 rings (SSSR count). The lowest BCUT2D eigenvalue weighted by atomic mass is 10.2. The van der Waals surface area contributed by atoms with Crippen molar-refractivity contribution in [1.82, 2.24) is 0 Å². The Hall–Kier alpha value is -0.190. The van der Waals surface area contributed by atoms with E-state index in [0.29, 0.717) is 0 Å². The van der Waals surface area contributed by atoms with Gasteiger partial charge in [0.2, 0.25) is 0 Å². The molecule has 1 aliphatic heterocycles. The van der Waals surface area contributed by atoms with Crippen LogP contribution in [0, 0.1) is 0 Å². The molecule has 1 aliphatic rings. The van der Waals surface area contributed by atoms with Gasteiger partial charge in [0.25, 0.3) is 0 Å². The molecule has 0 spiro atoms. The van der Waals surface area contributed by atoms with Gasteiger partial charge in [-0.2, -0.15) is 0 Å². The molecule has 4 heteroatoms. The van der Waals surface area contributed by atoms with Gasteiger partial charge in [0.1, 0.15) is 12.3 Å². The largest absolute Gasteiger partial charge is 0.394 e. The van der Waals surface area contributed by atoms with Gasteiger partial charge in [-0.15, -0.1) is 0 Å². The fraction of sp³-hybridized carbons (Fsp3) is 1.00. The molecule has 0 unspecified atom stereocenters. The Kier molecular flexibility index (Phi) is 2.00. The molecule has 3 atom stereocenters. The maximum atomic E-state index is 12.4. The third-order valence-electron chi connectivity index (χ3n) is 1.34. The van der Waals surface area contributed by atoms with Crippen LogP contribution in [0.1, 0.15) is 6.42 Å². The number of halogens is 1. The van der Waals surface area contributed by atoms with Crippen LogP contribution in [0.3, 0.4) is 0 Å². The fourth-order valence-electron chi connectivity index (χ4n) is 0.844. The van der Waals surface area contributed by atoms with Crippen LogP contribution in [0.15, 0.2) is 0 Å². The van der Waals surface area contributed by atoms with Gasteiger partial charge in [0.05, 0.1) is 6.61 Å². The van der Waals surface area contributed by atoms with E-state index < -0.39 is 18.6 Å². The standard InChI is InChI=1S/C5H9FO3/c6-3-1-5(8)9-4(3)2-7/h3-5,7-8H,1-2H2/t3-,4+,5-/m0/s1. The van der Waals surface area contributed by atoms with Crippen LogP contribution in [-0.4, -0.2) is 35.4 Å². The SMILES string of the molecule is OC[C@H]1O[C@H](O)C[C@@H]1F. The first-order valence-electron chi connectivity index (χ1n) is 2.82. The molecule has 9 heavy (non-hydrogen) atoms. The Morgan fingerprint density at radius 3 is 2.56 bits per heavy atom. The summed E-state index contributed by atoms with van der Waals surface area (Å²) in [5.74, 6) is 0. The van der Waals surface area contributed by atoms with Gasteiger partial charge in [-0.05, 0) is 0 Å². The van der Waals surface area contributed by atoms with E-state index >= 15 is 0 Å². The van der Waals surface area contributed by atoms with Crippen LogP contribution in [0.2, 0.25) is 0 Å². The molecule has 0 saturated carbocycles. The first kappa shape index (κ1) is 6.92. The molecule has 1 saturated heterocycles. The van der Waals surface area contributed by atoms with Crippen molar-refractivity contribution in [2.45, 2.75) is 25.0 Å².